The topological polar surface area (TPSA) is 69.6 Å². The van der Waals surface area contributed by atoms with Crippen molar-refractivity contribution in [2.75, 3.05) is 13.1 Å². The van der Waals surface area contributed by atoms with Crippen molar-refractivity contribution in [2.24, 2.45) is 0 Å². The molecule has 1 aromatic rings. The molecule has 0 aliphatic rings. The Morgan fingerprint density at radius 1 is 1.29 bits per heavy atom. The average molecular weight is 313 g/mol. The number of hydrogen-bond donors (Lipinski definition) is 2. The lowest BCUT2D eigenvalue weighted by atomic mass is 10.0. The summed E-state index contributed by atoms with van der Waals surface area (Å²) in [6.07, 6.45) is 0. The molecule has 1 aromatic carbocycles. The third kappa shape index (κ3) is 5.02. The number of carboxylic acid groups (broad SMARTS) is 1. The van der Waals surface area contributed by atoms with E-state index < -0.39 is 11.5 Å². The van der Waals surface area contributed by atoms with Crippen molar-refractivity contribution >= 4 is 23.5 Å². The minimum atomic E-state index is -1.08. The SMILES string of the molecule is CCN(CC(=O)NCc1ccc(Cl)cc1)C(C)(C)C(=O)O. The fourth-order valence-electron chi connectivity index (χ4n) is 1.87. The maximum atomic E-state index is 12.0. The van der Waals surface area contributed by atoms with Crippen molar-refractivity contribution in [3.63, 3.8) is 0 Å². The Bertz CT molecular complexity index is 500. The van der Waals surface area contributed by atoms with Gasteiger partial charge in [-0.2, -0.15) is 0 Å². The molecule has 0 heterocycles. The third-order valence-electron chi connectivity index (χ3n) is 3.43. The van der Waals surface area contributed by atoms with E-state index in [9.17, 15) is 14.7 Å². The van der Waals surface area contributed by atoms with E-state index in [1.165, 1.54) is 0 Å². The van der Waals surface area contributed by atoms with E-state index in [-0.39, 0.29) is 12.5 Å². The van der Waals surface area contributed by atoms with Crippen molar-refractivity contribution in [3.05, 3.63) is 34.9 Å². The van der Waals surface area contributed by atoms with Gasteiger partial charge in [0, 0.05) is 11.6 Å². The number of carboxylic acids is 1. The molecule has 21 heavy (non-hydrogen) atoms. The third-order valence-corrected chi connectivity index (χ3v) is 3.69. The summed E-state index contributed by atoms with van der Waals surface area (Å²) in [6.45, 7) is 5.92. The largest absolute Gasteiger partial charge is 0.480 e. The number of rotatable bonds is 7. The van der Waals surface area contributed by atoms with Gasteiger partial charge in [-0.1, -0.05) is 30.7 Å². The van der Waals surface area contributed by atoms with Crippen molar-refractivity contribution in [1.29, 1.82) is 0 Å². The van der Waals surface area contributed by atoms with Crippen LogP contribution in [0.25, 0.3) is 0 Å². The number of halogens is 1. The van der Waals surface area contributed by atoms with Crippen LogP contribution in [0.5, 0.6) is 0 Å². The lowest BCUT2D eigenvalue weighted by Gasteiger charge is -2.33. The maximum absolute atomic E-state index is 12.0. The van der Waals surface area contributed by atoms with Crippen molar-refractivity contribution in [2.45, 2.75) is 32.9 Å². The van der Waals surface area contributed by atoms with Gasteiger partial charge >= 0.3 is 5.97 Å². The highest BCUT2D eigenvalue weighted by atomic mass is 35.5. The van der Waals surface area contributed by atoms with E-state index in [1.54, 1.807) is 30.9 Å². The standard InChI is InChI=1S/C15H21ClN2O3/c1-4-18(15(2,3)14(20)21)10-13(19)17-9-11-5-7-12(16)8-6-11/h5-8H,4,9-10H2,1-3H3,(H,17,19)(H,20,21). The molecule has 0 unspecified atom stereocenters. The van der Waals surface area contributed by atoms with E-state index in [0.29, 0.717) is 18.1 Å². The molecule has 0 aliphatic carbocycles. The van der Waals surface area contributed by atoms with E-state index in [0.717, 1.165) is 5.56 Å². The second-order valence-corrected chi connectivity index (χ2v) is 5.72. The molecule has 0 fully saturated rings. The molecule has 0 atom stereocenters. The number of hydrogen-bond acceptors (Lipinski definition) is 3. The first-order valence-electron chi connectivity index (χ1n) is 6.77. The van der Waals surface area contributed by atoms with Gasteiger partial charge in [0.25, 0.3) is 0 Å². The Morgan fingerprint density at radius 2 is 1.86 bits per heavy atom. The zero-order chi connectivity index (χ0) is 16.0. The van der Waals surface area contributed by atoms with Gasteiger partial charge in [0.05, 0.1) is 6.54 Å². The first kappa shape index (κ1) is 17.5. The Hall–Kier alpha value is -1.59. The number of aliphatic carboxylic acids is 1. The minimum Gasteiger partial charge on any atom is -0.480 e. The highest BCUT2D eigenvalue weighted by Crippen LogP contribution is 2.14. The molecule has 0 spiro atoms. The summed E-state index contributed by atoms with van der Waals surface area (Å²) in [5.41, 5.74) is -0.139. The molecule has 6 heteroatoms. The van der Waals surface area contributed by atoms with Crippen LogP contribution < -0.4 is 5.32 Å². The molecule has 0 aliphatic heterocycles. The molecule has 5 nitrogen and oxygen atoms in total. The van der Waals surface area contributed by atoms with Crippen LogP contribution in [0.1, 0.15) is 26.3 Å². The molecular formula is C15H21ClN2O3. The molecule has 2 N–H and O–H groups in total. The van der Waals surface area contributed by atoms with Crippen LogP contribution in [0.4, 0.5) is 0 Å². The molecule has 1 amide bonds. The molecule has 0 aromatic heterocycles. The van der Waals surface area contributed by atoms with Crippen LogP contribution in [0.15, 0.2) is 24.3 Å². The van der Waals surface area contributed by atoms with E-state index >= 15 is 0 Å². The molecule has 116 valence electrons. The molecule has 0 bridgehead atoms. The van der Waals surface area contributed by atoms with Crippen LogP contribution in [-0.4, -0.2) is 40.5 Å². The van der Waals surface area contributed by atoms with Crippen molar-refractivity contribution in [1.82, 2.24) is 10.2 Å². The summed E-state index contributed by atoms with van der Waals surface area (Å²) < 4.78 is 0. The van der Waals surface area contributed by atoms with Crippen molar-refractivity contribution in [3.8, 4) is 0 Å². The lowest BCUT2D eigenvalue weighted by Crippen LogP contribution is -2.53. The summed E-state index contributed by atoms with van der Waals surface area (Å²) in [4.78, 5) is 24.8. The summed E-state index contributed by atoms with van der Waals surface area (Å²) in [5.74, 6) is -1.16. The number of carbonyl (C=O) groups excluding carboxylic acids is 1. The second kappa shape index (κ2) is 7.43. The first-order chi connectivity index (χ1) is 9.77. The fourth-order valence-corrected chi connectivity index (χ4v) is 2.00. The monoisotopic (exact) mass is 312 g/mol. The Kier molecular flexibility index (Phi) is 6.18. The molecular weight excluding hydrogens is 292 g/mol. The van der Waals surface area contributed by atoms with Crippen LogP contribution in [0, 0.1) is 0 Å². The summed E-state index contributed by atoms with van der Waals surface area (Å²) in [5, 5.41) is 12.6. The predicted molar refractivity (Wildman–Crippen MR) is 82.3 cm³/mol. The Balaban J connectivity index is 2.56. The molecule has 0 radical (unpaired) electrons. The number of carbonyl (C=O) groups is 2. The predicted octanol–water partition coefficient (Wildman–Crippen LogP) is 2.14. The second-order valence-electron chi connectivity index (χ2n) is 5.28. The summed E-state index contributed by atoms with van der Waals surface area (Å²) >= 11 is 5.79. The molecule has 0 saturated carbocycles. The Labute approximate surface area is 129 Å². The van der Waals surface area contributed by atoms with Gasteiger partial charge < -0.3 is 10.4 Å². The number of amides is 1. The highest BCUT2D eigenvalue weighted by Gasteiger charge is 2.34. The normalized spacial score (nSPS) is 11.5. The summed E-state index contributed by atoms with van der Waals surface area (Å²) in [6, 6.07) is 7.19. The number of benzene rings is 1. The number of nitrogens with zero attached hydrogens (tertiary/aromatic N) is 1. The lowest BCUT2D eigenvalue weighted by molar-refractivity contribution is -0.150. The fraction of sp³-hybridized carbons (Fsp3) is 0.467. The van der Waals surface area contributed by atoms with Crippen molar-refractivity contribution < 1.29 is 14.7 Å². The maximum Gasteiger partial charge on any atom is 0.323 e. The van der Waals surface area contributed by atoms with Gasteiger partial charge in [0.2, 0.25) is 5.91 Å². The molecule has 1 rings (SSSR count). The smallest absolute Gasteiger partial charge is 0.323 e. The van der Waals surface area contributed by atoms with E-state index in [1.807, 2.05) is 19.1 Å². The molecule has 0 saturated heterocycles. The highest BCUT2D eigenvalue weighted by molar-refractivity contribution is 6.30. The van der Waals surface area contributed by atoms with Crippen LogP contribution in [0.3, 0.4) is 0 Å². The van der Waals surface area contributed by atoms with Gasteiger partial charge in [-0.25, -0.2) is 0 Å². The van der Waals surface area contributed by atoms with E-state index in [4.69, 9.17) is 11.6 Å². The number of likely N-dealkylation sites (N-methyl/N-ethyl adjacent to an activating group) is 1. The van der Waals surface area contributed by atoms with E-state index in [2.05, 4.69) is 5.32 Å². The quantitative estimate of drug-likeness (QED) is 0.809. The van der Waals surface area contributed by atoms with Gasteiger partial charge in [0.15, 0.2) is 0 Å². The van der Waals surface area contributed by atoms with Gasteiger partial charge in [-0.05, 0) is 38.1 Å². The van der Waals surface area contributed by atoms with Crippen LogP contribution in [0.2, 0.25) is 5.02 Å². The van der Waals surface area contributed by atoms with Gasteiger partial charge in [-0.3, -0.25) is 14.5 Å². The number of nitrogens with one attached hydrogen (secondary N) is 1. The zero-order valence-corrected chi connectivity index (χ0v) is 13.3. The summed E-state index contributed by atoms with van der Waals surface area (Å²) in [7, 11) is 0. The van der Waals surface area contributed by atoms with Crippen LogP contribution >= 0.6 is 11.6 Å². The van der Waals surface area contributed by atoms with Crippen LogP contribution in [-0.2, 0) is 16.1 Å². The first-order valence-corrected chi connectivity index (χ1v) is 7.14. The van der Waals surface area contributed by atoms with Gasteiger partial charge in [0.1, 0.15) is 5.54 Å². The minimum absolute atomic E-state index is 0.0450. The Morgan fingerprint density at radius 3 is 2.33 bits per heavy atom. The zero-order valence-electron chi connectivity index (χ0n) is 12.5. The van der Waals surface area contributed by atoms with Gasteiger partial charge in [-0.15, -0.1) is 0 Å². The average Bonchev–Trinajstić information content (AvgIpc) is 2.43.